The normalized spacial score (nSPS) is 12.2. The van der Waals surface area contributed by atoms with Crippen molar-refractivity contribution in [1.29, 1.82) is 0 Å². The molecule has 0 bridgehead atoms. The van der Waals surface area contributed by atoms with Crippen molar-refractivity contribution in [2.45, 2.75) is 13.0 Å². The van der Waals surface area contributed by atoms with Crippen molar-refractivity contribution < 1.29 is 9.13 Å². The van der Waals surface area contributed by atoms with Crippen LogP contribution in [0.2, 0.25) is 0 Å². The van der Waals surface area contributed by atoms with Gasteiger partial charge in [0.15, 0.2) is 0 Å². The van der Waals surface area contributed by atoms with E-state index in [1.54, 1.807) is 19.2 Å². The molecule has 0 saturated heterocycles. The molecule has 5 heteroatoms. The molecule has 0 spiro atoms. The average Bonchev–Trinajstić information content (AvgIpc) is 2.27. The highest BCUT2D eigenvalue weighted by Gasteiger charge is 2.17. The molecular weight excluding hydrogens is 239 g/mol. The third-order valence-electron chi connectivity index (χ3n) is 2.69. The summed E-state index contributed by atoms with van der Waals surface area (Å²) < 4.78 is 18.8. The molecule has 0 radical (unpaired) electrons. The summed E-state index contributed by atoms with van der Waals surface area (Å²) in [6, 6.07) is 4.90. The molecule has 1 unspecified atom stereocenters. The summed E-state index contributed by atoms with van der Waals surface area (Å²) >= 11 is 4.89. The molecule has 0 amide bonds. The topological polar surface area (TPSA) is 38.5 Å². The van der Waals surface area contributed by atoms with E-state index < -0.39 is 5.82 Å². The van der Waals surface area contributed by atoms with Gasteiger partial charge in [0.05, 0.1) is 12.2 Å². The Morgan fingerprint density at radius 2 is 2.24 bits per heavy atom. The van der Waals surface area contributed by atoms with Crippen LogP contribution < -0.4 is 10.6 Å². The molecule has 1 aromatic carbocycles. The van der Waals surface area contributed by atoms with Crippen molar-refractivity contribution in [3.8, 4) is 0 Å². The highest BCUT2D eigenvalue weighted by Crippen LogP contribution is 2.23. The van der Waals surface area contributed by atoms with E-state index in [0.717, 1.165) is 0 Å². The van der Waals surface area contributed by atoms with E-state index in [1.165, 1.54) is 6.07 Å². The van der Waals surface area contributed by atoms with E-state index in [-0.39, 0.29) is 16.6 Å². The Morgan fingerprint density at radius 1 is 1.59 bits per heavy atom. The van der Waals surface area contributed by atoms with Crippen LogP contribution in [-0.2, 0) is 4.74 Å². The predicted molar refractivity (Wildman–Crippen MR) is 72.0 cm³/mol. The van der Waals surface area contributed by atoms with Crippen molar-refractivity contribution >= 4 is 22.9 Å². The van der Waals surface area contributed by atoms with Gasteiger partial charge in [0, 0.05) is 25.9 Å². The Kier molecular flexibility index (Phi) is 4.84. The molecule has 0 aliphatic heterocycles. The summed E-state index contributed by atoms with van der Waals surface area (Å²) in [5.41, 5.74) is 6.53. The first kappa shape index (κ1) is 13.9. The molecule has 0 aromatic heterocycles. The van der Waals surface area contributed by atoms with Crippen molar-refractivity contribution in [2.24, 2.45) is 5.73 Å². The second kappa shape index (κ2) is 5.93. The maximum atomic E-state index is 13.7. The van der Waals surface area contributed by atoms with Gasteiger partial charge < -0.3 is 15.4 Å². The van der Waals surface area contributed by atoms with Crippen molar-refractivity contribution in [3.05, 3.63) is 29.6 Å². The minimum absolute atomic E-state index is 0.0644. The van der Waals surface area contributed by atoms with Gasteiger partial charge in [0.2, 0.25) is 0 Å². The molecule has 3 nitrogen and oxygen atoms in total. The SMILES string of the molecule is COCC(C)N(C)c1cccc(F)c1C(N)=S. The first-order chi connectivity index (χ1) is 7.99. The lowest BCUT2D eigenvalue weighted by atomic mass is 10.1. The number of methoxy groups -OCH3 is 1. The fraction of sp³-hybridized carbons (Fsp3) is 0.417. The van der Waals surface area contributed by atoms with Crippen LogP contribution in [0.5, 0.6) is 0 Å². The minimum Gasteiger partial charge on any atom is -0.389 e. The molecule has 0 saturated carbocycles. The zero-order valence-electron chi connectivity index (χ0n) is 10.2. The van der Waals surface area contributed by atoms with E-state index >= 15 is 0 Å². The van der Waals surface area contributed by atoms with Crippen LogP contribution in [0.4, 0.5) is 10.1 Å². The highest BCUT2D eigenvalue weighted by molar-refractivity contribution is 7.80. The standard InChI is InChI=1S/C12H17FN2OS/c1-8(7-16-3)15(2)10-6-4-5-9(13)11(10)12(14)17/h4-6,8H,7H2,1-3H3,(H2,14,17). The summed E-state index contributed by atoms with van der Waals surface area (Å²) in [5, 5.41) is 0. The molecule has 17 heavy (non-hydrogen) atoms. The molecule has 94 valence electrons. The van der Waals surface area contributed by atoms with Gasteiger partial charge in [-0.1, -0.05) is 18.3 Å². The van der Waals surface area contributed by atoms with Crippen LogP contribution in [-0.4, -0.2) is 31.8 Å². The van der Waals surface area contributed by atoms with E-state index in [0.29, 0.717) is 12.3 Å². The number of nitrogens with two attached hydrogens (primary N) is 1. The molecule has 0 aliphatic carbocycles. The number of hydrogen-bond donors (Lipinski definition) is 1. The predicted octanol–water partition coefficient (Wildman–Crippen LogP) is 1.93. The number of anilines is 1. The van der Waals surface area contributed by atoms with Crippen molar-refractivity contribution in [1.82, 2.24) is 0 Å². The molecule has 1 atom stereocenters. The third-order valence-corrected chi connectivity index (χ3v) is 2.89. The second-order valence-electron chi connectivity index (χ2n) is 3.91. The molecule has 0 fully saturated rings. The number of halogens is 1. The Hall–Kier alpha value is -1.20. The minimum atomic E-state index is -0.397. The van der Waals surface area contributed by atoms with Crippen LogP contribution in [0, 0.1) is 5.82 Å². The van der Waals surface area contributed by atoms with Gasteiger partial charge in [-0.15, -0.1) is 0 Å². The van der Waals surface area contributed by atoms with E-state index in [2.05, 4.69) is 0 Å². The Morgan fingerprint density at radius 3 is 2.76 bits per heavy atom. The summed E-state index contributed by atoms with van der Waals surface area (Å²) in [4.78, 5) is 1.97. The van der Waals surface area contributed by atoms with Gasteiger partial charge in [0.25, 0.3) is 0 Å². The maximum absolute atomic E-state index is 13.7. The number of likely N-dealkylation sites (N-methyl/N-ethyl adjacent to an activating group) is 1. The molecule has 0 aliphatic rings. The Balaban J connectivity index is 3.13. The lowest BCUT2D eigenvalue weighted by molar-refractivity contribution is 0.183. The summed E-state index contributed by atoms with van der Waals surface area (Å²) in [7, 11) is 3.49. The van der Waals surface area contributed by atoms with Gasteiger partial charge in [-0.05, 0) is 19.1 Å². The number of benzene rings is 1. The smallest absolute Gasteiger partial charge is 0.135 e. The number of nitrogens with zero attached hydrogens (tertiary/aromatic N) is 1. The Labute approximate surface area is 106 Å². The highest BCUT2D eigenvalue weighted by atomic mass is 32.1. The van der Waals surface area contributed by atoms with Crippen LogP contribution in [0.15, 0.2) is 18.2 Å². The third kappa shape index (κ3) is 3.14. The van der Waals surface area contributed by atoms with Gasteiger partial charge in [-0.3, -0.25) is 0 Å². The lowest BCUT2D eigenvalue weighted by Crippen LogP contribution is -2.34. The van der Waals surface area contributed by atoms with Crippen molar-refractivity contribution in [3.63, 3.8) is 0 Å². The van der Waals surface area contributed by atoms with Crippen molar-refractivity contribution in [2.75, 3.05) is 25.7 Å². The number of ether oxygens (including phenoxy) is 1. The number of hydrogen-bond acceptors (Lipinski definition) is 3. The quantitative estimate of drug-likeness (QED) is 0.817. The summed E-state index contributed by atoms with van der Waals surface area (Å²) in [6.07, 6.45) is 0. The first-order valence-electron chi connectivity index (χ1n) is 5.29. The average molecular weight is 256 g/mol. The molecular formula is C12H17FN2OS. The number of thiocarbonyl (C=S) groups is 1. The monoisotopic (exact) mass is 256 g/mol. The van der Waals surface area contributed by atoms with Gasteiger partial charge in [0.1, 0.15) is 10.8 Å². The fourth-order valence-corrected chi connectivity index (χ4v) is 1.84. The van der Waals surface area contributed by atoms with Gasteiger partial charge in [-0.2, -0.15) is 0 Å². The molecule has 0 heterocycles. The van der Waals surface area contributed by atoms with Crippen LogP contribution in [0.25, 0.3) is 0 Å². The Bertz CT molecular complexity index is 411. The maximum Gasteiger partial charge on any atom is 0.135 e. The number of rotatable bonds is 5. The van der Waals surface area contributed by atoms with Crippen LogP contribution in [0.3, 0.4) is 0 Å². The van der Waals surface area contributed by atoms with E-state index in [9.17, 15) is 4.39 Å². The summed E-state index contributed by atoms with van der Waals surface area (Å²) in [6.45, 7) is 2.53. The van der Waals surface area contributed by atoms with Gasteiger partial charge in [-0.25, -0.2) is 4.39 Å². The first-order valence-corrected chi connectivity index (χ1v) is 5.70. The summed E-state index contributed by atoms with van der Waals surface area (Å²) in [5.74, 6) is -0.397. The van der Waals surface area contributed by atoms with Crippen LogP contribution >= 0.6 is 12.2 Å². The van der Waals surface area contributed by atoms with Crippen LogP contribution in [0.1, 0.15) is 12.5 Å². The largest absolute Gasteiger partial charge is 0.389 e. The lowest BCUT2D eigenvalue weighted by Gasteiger charge is -2.28. The van der Waals surface area contributed by atoms with Gasteiger partial charge >= 0.3 is 0 Å². The van der Waals surface area contributed by atoms with E-state index in [4.69, 9.17) is 22.7 Å². The zero-order chi connectivity index (χ0) is 13.0. The van der Waals surface area contributed by atoms with E-state index in [1.807, 2.05) is 18.9 Å². The fourth-order valence-electron chi connectivity index (χ4n) is 1.64. The zero-order valence-corrected chi connectivity index (χ0v) is 11.1. The molecule has 2 N–H and O–H groups in total. The molecule has 1 aromatic rings. The second-order valence-corrected chi connectivity index (χ2v) is 4.35. The molecule has 1 rings (SSSR count).